The molecule has 1 unspecified atom stereocenters. The van der Waals surface area contributed by atoms with Crippen molar-refractivity contribution in [2.24, 2.45) is 0 Å². The average molecular weight is 555 g/mol. The van der Waals surface area contributed by atoms with E-state index in [0.29, 0.717) is 33.5 Å². The number of carbonyl (C=O) groups excluding carboxylic acids is 2. The van der Waals surface area contributed by atoms with Crippen LogP contribution >= 0.6 is 11.3 Å². The molecule has 0 saturated carbocycles. The van der Waals surface area contributed by atoms with Gasteiger partial charge in [-0.2, -0.15) is 0 Å². The Balaban J connectivity index is 1.49. The molecule has 40 heavy (non-hydrogen) atoms. The monoisotopic (exact) mass is 554 g/mol. The van der Waals surface area contributed by atoms with E-state index in [2.05, 4.69) is 4.98 Å². The number of aromatic nitrogens is 1. The van der Waals surface area contributed by atoms with Gasteiger partial charge in [-0.1, -0.05) is 72.3 Å². The second-order valence-electron chi connectivity index (χ2n) is 9.63. The number of carbonyl (C=O) groups is 2. The first-order valence-corrected chi connectivity index (χ1v) is 13.8. The first kappa shape index (κ1) is 27.3. The number of nitrogens with zero attached hydrogens (tertiary/aromatic N) is 2. The average Bonchev–Trinajstić information content (AvgIpc) is 3.48. The first-order chi connectivity index (χ1) is 19.4. The molecule has 3 aromatic carbocycles. The minimum atomic E-state index is -0.806. The number of amides is 1. The zero-order valence-corrected chi connectivity index (χ0v) is 23.4. The molecule has 1 N–H and O–H groups in total. The topological polar surface area (TPSA) is 89.0 Å². The third kappa shape index (κ3) is 5.54. The normalized spacial score (nSPS) is 15.1. The number of Topliss-reactive ketones (excluding diaryl/α,β-unsaturated/α-hetero) is 1. The molecule has 0 bridgehead atoms. The molecule has 0 radical (unpaired) electrons. The fraction of sp³-hybridized carbons (Fsp3) is 0.219. The fourth-order valence-electron chi connectivity index (χ4n) is 4.71. The number of ether oxygens (including phenoxy) is 2. The number of aryl methyl sites for hydroxylation is 2. The lowest BCUT2D eigenvalue weighted by Gasteiger charge is -2.26. The zero-order valence-electron chi connectivity index (χ0n) is 22.6. The second kappa shape index (κ2) is 11.9. The molecular weight excluding hydrogens is 524 g/mol. The lowest BCUT2D eigenvalue weighted by molar-refractivity contribution is -0.130. The molecule has 1 aliphatic heterocycles. The number of ketones is 1. The van der Waals surface area contributed by atoms with Gasteiger partial charge in [0.1, 0.15) is 17.4 Å². The maximum Gasteiger partial charge on any atom is 0.290 e. The minimum absolute atomic E-state index is 0.0307. The molecule has 0 aliphatic carbocycles. The molecule has 1 atom stereocenters. The van der Waals surface area contributed by atoms with Crippen LogP contribution in [0.2, 0.25) is 0 Å². The van der Waals surface area contributed by atoms with Crippen molar-refractivity contribution < 1.29 is 24.2 Å². The van der Waals surface area contributed by atoms with Gasteiger partial charge in [0, 0.05) is 19.2 Å². The highest BCUT2D eigenvalue weighted by atomic mass is 32.1. The van der Waals surface area contributed by atoms with Crippen molar-refractivity contribution in [3.05, 3.63) is 117 Å². The lowest BCUT2D eigenvalue weighted by Crippen LogP contribution is -2.34. The maximum absolute atomic E-state index is 14.0. The van der Waals surface area contributed by atoms with Crippen LogP contribution in [-0.4, -0.2) is 46.9 Å². The molecule has 7 nitrogen and oxygen atoms in total. The summed E-state index contributed by atoms with van der Waals surface area (Å²) in [7, 11) is 1.54. The maximum atomic E-state index is 14.0. The molecule has 1 aliphatic rings. The van der Waals surface area contributed by atoms with Gasteiger partial charge < -0.3 is 19.5 Å². The fourth-order valence-corrected chi connectivity index (χ4v) is 5.74. The molecule has 1 amide bonds. The number of rotatable bonds is 10. The van der Waals surface area contributed by atoms with E-state index in [-0.39, 0.29) is 18.7 Å². The summed E-state index contributed by atoms with van der Waals surface area (Å²) in [5.41, 5.74) is 4.32. The van der Waals surface area contributed by atoms with E-state index in [0.717, 1.165) is 11.1 Å². The van der Waals surface area contributed by atoms with Gasteiger partial charge >= 0.3 is 0 Å². The van der Waals surface area contributed by atoms with Gasteiger partial charge in [-0.25, -0.2) is 4.98 Å². The Labute approximate surface area is 237 Å². The number of aliphatic hydroxyl groups excluding tert-OH is 1. The number of methoxy groups -OCH3 is 1. The molecule has 8 heteroatoms. The standard InChI is InChI=1S/C32H30N2O5S/c1-20-12-14-22(15-13-20)19-39-25-11-7-10-24(18-25)27-26(29(36)32(37)34(27)16-17-38-3)28(35)30-21(2)33-31(40-30)23-8-5-4-6-9-23/h4-15,18,27,36H,16-17,19H2,1-3H3. The van der Waals surface area contributed by atoms with Crippen LogP contribution < -0.4 is 4.74 Å². The highest BCUT2D eigenvalue weighted by molar-refractivity contribution is 7.17. The van der Waals surface area contributed by atoms with Crippen LogP contribution in [0.4, 0.5) is 0 Å². The van der Waals surface area contributed by atoms with Crippen LogP contribution in [0.15, 0.2) is 90.2 Å². The summed E-state index contributed by atoms with van der Waals surface area (Å²) in [5, 5.41) is 11.7. The summed E-state index contributed by atoms with van der Waals surface area (Å²) in [6.45, 7) is 4.62. The highest BCUT2D eigenvalue weighted by Crippen LogP contribution is 2.41. The molecule has 0 saturated heterocycles. The van der Waals surface area contributed by atoms with Crippen LogP contribution in [0.5, 0.6) is 5.75 Å². The van der Waals surface area contributed by atoms with Gasteiger partial charge in [-0.05, 0) is 37.1 Å². The minimum Gasteiger partial charge on any atom is -0.503 e. The SMILES string of the molecule is COCCN1C(=O)C(O)=C(C(=O)c2sc(-c3ccccc3)nc2C)C1c1cccc(OCc2ccc(C)cc2)c1. The second-order valence-corrected chi connectivity index (χ2v) is 10.6. The van der Waals surface area contributed by atoms with Crippen LogP contribution in [0.1, 0.15) is 38.1 Å². The number of benzene rings is 3. The van der Waals surface area contributed by atoms with Gasteiger partial charge in [-0.15, -0.1) is 11.3 Å². The number of thiazole rings is 1. The lowest BCUT2D eigenvalue weighted by atomic mass is 9.95. The molecule has 204 valence electrons. The molecule has 4 aromatic rings. The van der Waals surface area contributed by atoms with Gasteiger partial charge in [0.05, 0.1) is 28.8 Å². The zero-order chi connectivity index (χ0) is 28.2. The Kier molecular flexibility index (Phi) is 8.09. The molecule has 0 fully saturated rings. The van der Waals surface area contributed by atoms with Gasteiger partial charge in [0.2, 0.25) is 5.78 Å². The predicted molar refractivity (Wildman–Crippen MR) is 155 cm³/mol. The van der Waals surface area contributed by atoms with Crippen molar-refractivity contribution in [2.75, 3.05) is 20.3 Å². The third-order valence-electron chi connectivity index (χ3n) is 6.81. The Bertz CT molecular complexity index is 1560. The van der Waals surface area contributed by atoms with Crippen LogP contribution in [0, 0.1) is 13.8 Å². The van der Waals surface area contributed by atoms with E-state index in [1.807, 2.05) is 85.8 Å². The van der Waals surface area contributed by atoms with E-state index in [1.165, 1.54) is 21.8 Å². The van der Waals surface area contributed by atoms with Crippen molar-refractivity contribution in [1.82, 2.24) is 9.88 Å². The van der Waals surface area contributed by atoms with Crippen molar-refractivity contribution in [3.63, 3.8) is 0 Å². The van der Waals surface area contributed by atoms with E-state index >= 15 is 0 Å². The van der Waals surface area contributed by atoms with E-state index < -0.39 is 23.5 Å². The van der Waals surface area contributed by atoms with Crippen molar-refractivity contribution in [2.45, 2.75) is 26.5 Å². The van der Waals surface area contributed by atoms with Crippen LogP contribution in [0.3, 0.4) is 0 Å². The summed E-state index contributed by atoms with van der Waals surface area (Å²) >= 11 is 1.25. The molecular formula is C32H30N2O5S. The molecule has 0 spiro atoms. The Hall–Kier alpha value is -4.27. The van der Waals surface area contributed by atoms with E-state index in [9.17, 15) is 14.7 Å². The smallest absolute Gasteiger partial charge is 0.290 e. The van der Waals surface area contributed by atoms with Crippen molar-refractivity contribution >= 4 is 23.0 Å². The summed E-state index contributed by atoms with van der Waals surface area (Å²) in [6, 6.07) is 24.2. The first-order valence-electron chi connectivity index (χ1n) is 13.0. The summed E-state index contributed by atoms with van der Waals surface area (Å²) in [4.78, 5) is 33.7. The Morgan fingerprint density at radius 1 is 1.02 bits per heavy atom. The van der Waals surface area contributed by atoms with Crippen molar-refractivity contribution in [3.8, 4) is 16.3 Å². The Morgan fingerprint density at radius 3 is 2.50 bits per heavy atom. The van der Waals surface area contributed by atoms with Crippen LogP contribution in [0.25, 0.3) is 10.6 Å². The number of hydrogen-bond acceptors (Lipinski definition) is 7. The van der Waals surface area contributed by atoms with Gasteiger partial charge in [-0.3, -0.25) is 9.59 Å². The van der Waals surface area contributed by atoms with Crippen LogP contribution in [-0.2, 0) is 16.1 Å². The summed E-state index contributed by atoms with van der Waals surface area (Å²) < 4.78 is 11.3. The molecule has 1 aromatic heterocycles. The molecule has 5 rings (SSSR count). The molecule has 2 heterocycles. The Morgan fingerprint density at radius 2 is 1.77 bits per heavy atom. The largest absolute Gasteiger partial charge is 0.503 e. The van der Waals surface area contributed by atoms with Gasteiger partial charge in [0.25, 0.3) is 5.91 Å². The number of hydrogen-bond donors (Lipinski definition) is 1. The van der Waals surface area contributed by atoms with E-state index in [4.69, 9.17) is 9.47 Å². The third-order valence-corrected chi connectivity index (χ3v) is 8.01. The van der Waals surface area contributed by atoms with Crippen molar-refractivity contribution in [1.29, 1.82) is 0 Å². The predicted octanol–water partition coefficient (Wildman–Crippen LogP) is 6.23. The quantitative estimate of drug-likeness (QED) is 0.234. The summed E-state index contributed by atoms with van der Waals surface area (Å²) in [6.07, 6.45) is 0. The van der Waals surface area contributed by atoms with E-state index in [1.54, 1.807) is 14.0 Å². The number of aliphatic hydroxyl groups is 1. The summed E-state index contributed by atoms with van der Waals surface area (Å²) in [5.74, 6) is -0.984. The van der Waals surface area contributed by atoms with Gasteiger partial charge in [0.15, 0.2) is 5.76 Å². The highest BCUT2D eigenvalue weighted by Gasteiger charge is 2.44.